The summed E-state index contributed by atoms with van der Waals surface area (Å²) < 4.78 is 1.51. The van der Waals surface area contributed by atoms with Crippen LogP contribution in [-0.2, 0) is 0 Å². The summed E-state index contributed by atoms with van der Waals surface area (Å²) in [4.78, 5) is 25.0. The second kappa shape index (κ2) is 6.72. The van der Waals surface area contributed by atoms with Crippen molar-refractivity contribution in [2.45, 2.75) is 57.7 Å². The van der Waals surface area contributed by atoms with E-state index in [9.17, 15) is 9.59 Å². The number of nitrogens with one attached hydrogen (secondary N) is 2. The number of benzene rings is 1. The summed E-state index contributed by atoms with van der Waals surface area (Å²) in [5.74, 6) is -0.145. The first-order valence-corrected chi connectivity index (χ1v) is 9.04. The molecule has 1 saturated heterocycles. The van der Waals surface area contributed by atoms with Gasteiger partial charge in [0.05, 0.1) is 5.56 Å². The zero-order valence-corrected chi connectivity index (χ0v) is 15.9. The number of carbonyl (C=O) groups excluding carboxylic acids is 1. The van der Waals surface area contributed by atoms with E-state index >= 15 is 0 Å². The minimum atomic E-state index is -0.156. The highest BCUT2D eigenvalue weighted by Crippen LogP contribution is 2.28. The Bertz CT molecular complexity index is 837. The number of amides is 1. The van der Waals surface area contributed by atoms with Crippen LogP contribution in [0.3, 0.4) is 0 Å². The number of nitrogens with zero attached hydrogens (tertiary/aromatic N) is 1. The highest BCUT2D eigenvalue weighted by atomic mass is 16.2. The molecule has 26 heavy (non-hydrogen) atoms. The SMILES string of the molecule is CC1(C)CC(NC(=O)c2ccc(=O)n(-c3ccccc3)c2)CC(C)(C)N1. The molecule has 1 aromatic heterocycles. The average Bonchev–Trinajstić information content (AvgIpc) is 2.53. The monoisotopic (exact) mass is 353 g/mol. The van der Waals surface area contributed by atoms with Crippen LogP contribution in [0.1, 0.15) is 50.9 Å². The van der Waals surface area contributed by atoms with Crippen LogP contribution >= 0.6 is 0 Å². The van der Waals surface area contributed by atoms with E-state index < -0.39 is 0 Å². The number of hydrogen-bond acceptors (Lipinski definition) is 3. The van der Waals surface area contributed by atoms with Crippen LogP contribution in [0.4, 0.5) is 0 Å². The van der Waals surface area contributed by atoms with Gasteiger partial charge in [0.15, 0.2) is 0 Å². The van der Waals surface area contributed by atoms with Gasteiger partial charge in [0, 0.05) is 35.1 Å². The molecule has 3 rings (SSSR count). The molecule has 0 atom stereocenters. The lowest BCUT2D eigenvalue weighted by Crippen LogP contribution is -2.62. The molecular formula is C21H27N3O2. The van der Waals surface area contributed by atoms with Gasteiger partial charge in [-0.1, -0.05) is 18.2 Å². The smallest absolute Gasteiger partial charge is 0.255 e. The molecule has 138 valence electrons. The largest absolute Gasteiger partial charge is 0.349 e. The molecule has 2 heterocycles. The van der Waals surface area contributed by atoms with Gasteiger partial charge in [0.1, 0.15) is 0 Å². The van der Waals surface area contributed by atoms with Crippen molar-refractivity contribution in [1.29, 1.82) is 0 Å². The second-order valence-electron chi connectivity index (χ2n) is 8.43. The van der Waals surface area contributed by atoms with Crippen molar-refractivity contribution in [2.24, 2.45) is 0 Å². The van der Waals surface area contributed by atoms with E-state index in [1.165, 1.54) is 10.6 Å². The third-order valence-corrected chi connectivity index (χ3v) is 4.73. The van der Waals surface area contributed by atoms with Gasteiger partial charge in [-0.3, -0.25) is 14.2 Å². The van der Waals surface area contributed by atoms with Crippen molar-refractivity contribution in [3.8, 4) is 5.69 Å². The summed E-state index contributed by atoms with van der Waals surface area (Å²) in [5, 5.41) is 6.77. The van der Waals surface area contributed by atoms with Crippen LogP contribution in [0, 0.1) is 0 Å². The molecule has 2 aromatic rings. The summed E-state index contributed by atoms with van der Waals surface area (Å²) in [5.41, 5.74) is 1.00. The first-order valence-electron chi connectivity index (χ1n) is 9.04. The second-order valence-corrected chi connectivity index (χ2v) is 8.43. The van der Waals surface area contributed by atoms with E-state index in [4.69, 9.17) is 0 Å². The molecule has 0 radical (unpaired) electrons. The lowest BCUT2D eigenvalue weighted by molar-refractivity contribution is 0.0872. The van der Waals surface area contributed by atoms with Crippen molar-refractivity contribution in [1.82, 2.24) is 15.2 Å². The van der Waals surface area contributed by atoms with Crippen LogP contribution in [0.2, 0.25) is 0 Å². The Balaban J connectivity index is 1.82. The molecule has 0 unspecified atom stereocenters. The number of carbonyl (C=O) groups is 1. The third kappa shape index (κ3) is 4.22. The molecule has 1 fully saturated rings. The summed E-state index contributed by atoms with van der Waals surface area (Å²) >= 11 is 0. The average molecular weight is 353 g/mol. The van der Waals surface area contributed by atoms with Crippen LogP contribution in [-0.4, -0.2) is 27.6 Å². The molecule has 0 bridgehead atoms. The van der Waals surface area contributed by atoms with E-state index in [0.717, 1.165) is 18.5 Å². The topological polar surface area (TPSA) is 63.1 Å². The lowest BCUT2D eigenvalue weighted by Gasteiger charge is -2.46. The van der Waals surface area contributed by atoms with Gasteiger partial charge in [-0.15, -0.1) is 0 Å². The van der Waals surface area contributed by atoms with Gasteiger partial charge < -0.3 is 10.6 Å². The molecule has 5 heteroatoms. The maximum Gasteiger partial charge on any atom is 0.255 e. The quantitative estimate of drug-likeness (QED) is 0.892. The van der Waals surface area contributed by atoms with Crippen molar-refractivity contribution >= 4 is 5.91 Å². The fourth-order valence-corrected chi connectivity index (χ4v) is 4.10. The zero-order chi connectivity index (χ0) is 18.9. The highest BCUT2D eigenvalue weighted by molar-refractivity contribution is 5.94. The van der Waals surface area contributed by atoms with E-state index in [0.29, 0.717) is 5.56 Å². The maximum atomic E-state index is 12.8. The van der Waals surface area contributed by atoms with Gasteiger partial charge in [0.2, 0.25) is 0 Å². The number of hydrogen-bond donors (Lipinski definition) is 2. The standard InChI is InChI=1S/C21H27N3O2/c1-20(2)12-16(13-21(3,4)23-20)22-19(26)15-10-11-18(25)24(14-15)17-8-6-5-7-9-17/h5-11,14,16,23H,12-13H2,1-4H3,(H,22,26). The number of rotatable bonds is 3. The van der Waals surface area contributed by atoms with E-state index in [1.807, 2.05) is 30.3 Å². The number of aromatic nitrogens is 1. The first kappa shape index (κ1) is 18.4. The van der Waals surface area contributed by atoms with Gasteiger partial charge in [-0.05, 0) is 58.7 Å². The molecular weight excluding hydrogens is 326 g/mol. The minimum absolute atomic E-state index is 0.0392. The van der Waals surface area contributed by atoms with Gasteiger partial charge in [0.25, 0.3) is 11.5 Å². The van der Waals surface area contributed by atoms with Crippen molar-refractivity contribution in [2.75, 3.05) is 0 Å². The van der Waals surface area contributed by atoms with Crippen LogP contribution < -0.4 is 16.2 Å². The molecule has 0 spiro atoms. The fourth-order valence-electron chi connectivity index (χ4n) is 4.10. The Kier molecular flexibility index (Phi) is 4.76. The first-order chi connectivity index (χ1) is 12.2. The Morgan fingerprint density at radius 2 is 1.65 bits per heavy atom. The van der Waals surface area contributed by atoms with E-state index in [2.05, 4.69) is 38.3 Å². The lowest BCUT2D eigenvalue weighted by atomic mass is 9.79. The zero-order valence-electron chi connectivity index (χ0n) is 15.9. The van der Waals surface area contributed by atoms with E-state index in [-0.39, 0.29) is 28.6 Å². The Labute approximate surface area is 154 Å². The number of para-hydroxylation sites is 1. The molecule has 0 aliphatic carbocycles. The van der Waals surface area contributed by atoms with Crippen molar-refractivity contribution in [3.63, 3.8) is 0 Å². The third-order valence-electron chi connectivity index (χ3n) is 4.73. The van der Waals surface area contributed by atoms with Gasteiger partial charge in [-0.25, -0.2) is 0 Å². The Morgan fingerprint density at radius 3 is 2.27 bits per heavy atom. The maximum absolute atomic E-state index is 12.8. The van der Waals surface area contributed by atoms with Crippen molar-refractivity contribution in [3.05, 3.63) is 64.6 Å². The Hall–Kier alpha value is -2.40. The molecule has 1 aliphatic rings. The van der Waals surface area contributed by atoms with Crippen LogP contribution in [0.5, 0.6) is 0 Å². The normalized spacial score (nSPS) is 19.1. The van der Waals surface area contributed by atoms with E-state index in [1.54, 1.807) is 12.3 Å². The minimum Gasteiger partial charge on any atom is -0.349 e. The molecule has 2 N–H and O–H groups in total. The van der Waals surface area contributed by atoms with Crippen LogP contribution in [0.15, 0.2) is 53.5 Å². The summed E-state index contributed by atoms with van der Waals surface area (Å²) in [6, 6.07) is 12.5. The summed E-state index contributed by atoms with van der Waals surface area (Å²) in [7, 11) is 0. The number of pyridine rings is 1. The molecule has 5 nitrogen and oxygen atoms in total. The number of piperidine rings is 1. The summed E-state index contributed by atoms with van der Waals surface area (Å²) in [6.07, 6.45) is 3.34. The predicted molar refractivity (Wildman–Crippen MR) is 104 cm³/mol. The van der Waals surface area contributed by atoms with Crippen molar-refractivity contribution < 1.29 is 4.79 Å². The molecule has 1 aromatic carbocycles. The summed E-state index contributed by atoms with van der Waals surface area (Å²) in [6.45, 7) is 8.62. The van der Waals surface area contributed by atoms with Gasteiger partial charge in [-0.2, -0.15) is 0 Å². The Morgan fingerprint density at radius 1 is 1.04 bits per heavy atom. The fraction of sp³-hybridized carbons (Fsp3) is 0.429. The molecule has 0 saturated carbocycles. The predicted octanol–water partition coefficient (Wildman–Crippen LogP) is 2.88. The molecule has 1 amide bonds. The van der Waals surface area contributed by atoms with Crippen LogP contribution in [0.25, 0.3) is 5.69 Å². The molecule has 1 aliphatic heterocycles. The highest BCUT2D eigenvalue weighted by Gasteiger charge is 2.38. The van der Waals surface area contributed by atoms with Gasteiger partial charge >= 0.3 is 0 Å².